The summed E-state index contributed by atoms with van der Waals surface area (Å²) in [6, 6.07) is 9.33. The fraction of sp³-hybridized carbons (Fsp3) is 0.667. The molecule has 1 aromatic carbocycles. The van der Waals surface area contributed by atoms with Crippen LogP contribution in [0.5, 0.6) is 0 Å². The first-order chi connectivity index (χ1) is 9.12. The van der Waals surface area contributed by atoms with Gasteiger partial charge in [0.05, 0.1) is 0 Å². The lowest BCUT2D eigenvalue weighted by molar-refractivity contribution is 0.134. The Hall–Kier alpha value is -0.860. The Kier molecular flexibility index (Phi) is 5.79. The Balaban J connectivity index is 2.69. The molecule has 2 atom stereocenters. The summed E-state index contributed by atoms with van der Waals surface area (Å²) in [5.74, 6) is 0.573. The fourth-order valence-electron chi connectivity index (χ4n) is 2.36. The average molecular weight is 276 g/mol. The summed E-state index contributed by atoms with van der Waals surface area (Å²) >= 11 is 0. The molecule has 1 rings (SSSR count). The second kappa shape index (κ2) is 6.73. The molecule has 20 heavy (non-hydrogen) atoms. The highest BCUT2D eigenvalue weighted by Crippen LogP contribution is 2.25. The summed E-state index contributed by atoms with van der Waals surface area (Å²) in [5.41, 5.74) is 9.23. The van der Waals surface area contributed by atoms with Gasteiger partial charge in [-0.05, 0) is 36.4 Å². The van der Waals surface area contributed by atoms with Crippen LogP contribution in [-0.2, 0) is 0 Å². The summed E-state index contributed by atoms with van der Waals surface area (Å²) in [6.45, 7) is 14.4. The van der Waals surface area contributed by atoms with Gasteiger partial charge < -0.3 is 10.6 Å². The van der Waals surface area contributed by atoms with Gasteiger partial charge in [0.15, 0.2) is 0 Å². The van der Waals surface area contributed by atoms with Crippen molar-refractivity contribution in [2.45, 2.75) is 59.5 Å². The quantitative estimate of drug-likeness (QED) is 0.874. The maximum Gasteiger partial charge on any atom is 0.0424 e. The van der Waals surface area contributed by atoms with E-state index in [0.717, 1.165) is 6.54 Å². The average Bonchev–Trinajstić information content (AvgIpc) is 2.36. The van der Waals surface area contributed by atoms with Crippen LogP contribution in [0.4, 0.5) is 0 Å². The highest BCUT2D eigenvalue weighted by Gasteiger charge is 2.25. The largest absolute Gasteiger partial charge is 0.323 e. The van der Waals surface area contributed by atoms with Gasteiger partial charge in [-0.15, -0.1) is 0 Å². The standard InChI is InChI=1S/C18H32N2/c1-13(2)15-8-10-16(11-9-15)17(19)12-20(7)14(3)18(4,5)6/h8-11,13-14,17H,12,19H2,1-7H3. The zero-order valence-electron chi connectivity index (χ0n) is 14.3. The highest BCUT2D eigenvalue weighted by molar-refractivity contribution is 5.26. The molecular weight excluding hydrogens is 244 g/mol. The van der Waals surface area contributed by atoms with Crippen LogP contribution in [0.1, 0.15) is 64.6 Å². The first-order valence-electron chi connectivity index (χ1n) is 7.68. The molecule has 2 nitrogen and oxygen atoms in total. The minimum atomic E-state index is 0.0750. The minimum Gasteiger partial charge on any atom is -0.323 e. The van der Waals surface area contributed by atoms with Crippen LogP contribution in [0.15, 0.2) is 24.3 Å². The van der Waals surface area contributed by atoms with Gasteiger partial charge in [-0.3, -0.25) is 0 Å². The van der Waals surface area contributed by atoms with E-state index in [1.165, 1.54) is 11.1 Å². The van der Waals surface area contributed by atoms with Gasteiger partial charge in [0.1, 0.15) is 0 Å². The van der Waals surface area contributed by atoms with Crippen LogP contribution in [0.25, 0.3) is 0 Å². The molecule has 0 saturated carbocycles. The lowest BCUT2D eigenvalue weighted by Crippen LogP contribution is -2.42. The first kappa shape index (κ1) is 17.2. The van der Waals surface area contributed by atoms with Gasteiger partial charge in [-0.1, -0.05) is 58.9 Å². The topological polar surface area (TPSA) is 29.3 Å². The summed E-state index contributed by atoms with van der Waals surface area (Å²) in [5, 5.41) is 0. The molecule has 2 unspecified atom stereocenters. The number of likely N-dealkylation sites (N-methyl/N-ethyl adjacent to an activating group) is 1. The van der Waals surface area contributed by atoms with Gasteiger partial charge in [-0.2, -0.15) is 0 Å². The maximum absolute atomic E-state index is 6.36. The fourth-order valence-corrected chi connectivity index (χ4v) is 2.36. The van der Waals surface area contributed by atoms with Gasteiger partial charge in [0, 0.05) is 18.6 Å². The second-order valence-corrected chi connectivity index (χ2v) is 7.41. The number of hydrogen-bond donors (Lipinski definition) is 1. The van der Waals surface area contributed by atoms with Crippen LogP contribution in [0.3, 0.4) is 0 Å². The van der Waals surface area contributed by atoms with Crippen LogP contribution >= 0.6 is 0 Å². The summed E-state index contributed by atoms with van der Waals surface area (Å²) in [6.07, 6.45) is 0. The molecule has 0 fully saturated rings. The second-order valence-electron chi connectivity index (χ2n) is 7.41. The van der Waals surface area contributed by atoms with E-state index >= 15 is 0 Å². The molecule has 0 aliphatic heterocycles. The van der Waals surface area contributed by atoms with Crippen LogP contribution in [-0.4, -0.2) is 24.5 Å². The van der Waals surface area contributed by atoms with E-state index in [1.807, 2.05) is 0 Å². The molecular formula is C18H32N2. The van der Waals surface area contributed by atoms with E-state index in [9.17, 15) is 0 Å². The number of benzene rings is 1. The number of rotatable bonds is 5. The monoisotopic (exact) mass is 276 g/mol. The molecule has 0 saturated heterocycles. The van der Waals surface area contributed by atoms with Crippen molar-refractivity contribution in [3.05, 3.63) is 35.4 Å². The third-order valence-electron chi connectivity index (χ3n) is 4.43. The number of nitrogens with zero attached hydrogens (tertiary/aromatic N) is 1. The molecule has 0 spiro atoms. The molecule has 2 heteroatoms. The molecule has 0 aliphatic rings. The van der Waals surface area contributed by atoms with Gasteiger partial charge >= 0.3 is 0 Å². The molecule has 2 N–H and O–H groups in total. The number of hydrogen-bond acceptors (Lipinski definition) is 2. The Morgan fingerprint density at radius 1 is 1.00 bits per heavy atom. The molecule has 0 aliphatic carbocycles. The summed E-state index contributed by atoms with van der Waals surface area (Å²) < 4.78 is 0. The molecule has 0 bridgehead atoms. The van der Waals surface area contributed by atoms with E-state index in [1.54, 1.807) is 0 Å². The smallest absolute Gasteiger partial charge is 0.0424 e. The van der Waals surface area contributed by atoms with Crippen molar-refractivity contribution in [3.63, 3.8) is 0 Å². The SMILES string of the molecule is CC(C)c1ccc(C(N)CN(C)C(C)C(C)(C)C)cc1. The van der Waals surface area contributed by atoms with Crippen molar-refractivity contribution < 1.29 is 0 Å². The normalized spacial score (nSPS) is 15.7. The van der Waals surface area contributed by atoms with E-state index in [-0.39, 0.29) is 11.5 Å². The first-order valence-corrected chi connectivity index (χ1v) is 7.68. The highest BCUT2D eigenvalue weighted by atomic mass is 15.1. The maximum atomic E-state index is 6.36. The van der Waals surface area contributed by atoms with Crippen molar-refractivity contribution in [2.75, 3.05) is 13.6 Å². The Morgan fingerprint density at radius 2 is 1.45 bits per heavy atom. The zero-order valence-corrected chi connectivity index (χ0v) is 14.3. The van der Waals surface area contributed by atoms with Crippen molar-refractivity contribution in [3.8, 4) is 0 Å². The van der Waals surface area contributed by atoms with Crippen molar-refractivity contribution in [2.24, 2.45) is 11.1 Å². The van der Waals surface area contributed by atoms with Crippen molar-refractivity contribution >= 4 is 0 Å². The zero-order chi connectivity index (χ0) is 15.5. The minimum absolute atomic E-state index is 0.0750. The van der Waals surface area contributed by atoms with E-state index < -0.39 is 0 Å². The van der Waals surface area contributed by atoms with Crippen LogP contribution in [0, 0.1) is 5.41 Å². The molecule has 1 aromatic rings. The predicted octanol–water partition coefficient (Wildman–Crippen LogP) is 4.18. The third kappa shape index (κ3) is 4.60. The predicted molar refractivity (Wildman–Crippen MR) is 89.0 cm³/mol. The summed E-state index contributed by atoms with van der Waals surface area (Å²) in [7, 11) is 2.16. The lowest BCUT2D eigenvalue weighted by Gasteiger charge is -2.36. The van der Waals surface area contributed by atoms with Gasteiger partial charge in [-0.25, -0.2) is 0 Å². The van der Waals surface area contributed by atoms with E-state index in [0.29, 0.717) is 12.0 Å². The van der Waals surface area contributed by atoms with Gasteiger partial charge in [0.25, 0.3) is 0 Å². The van der Waals surface area contributed by atoms with Crippen LogP contribution in [0.2, 0.25) is 0 Å². The lowest BCUT2D eigenvalue weighted by atomic mass is 9.87. The van der Waals surface area contributed by atoms with Crippen molar-refractivity contribution in [1.29, 1.82) is 0 Å². The Labute approximate surface area is 125 Å². The third-order valence-corrected chi connectivity index (χ3v) is 4.43. The summed E-state index contributed by atoms with van der Waals surface area (Å²) in [4.78, 5) is 2.36. The number of nitrogens with two attached hydrogens (primary N) is 1. The van der Waals surface area contributed by atoms with Gasteiger partial charge in [0.2, 0.25) is 0 Å². The molecule has 114 valence electrons. The van der Waals surface area contributed by atoms with Crippen LogP contribution < -0.4 is 5.73 Å². The molecule has 0 aromatic heterocycles. The Bertz CT molecular complexity index is 400. The van der Waals surface area contributed by atoms with Crippen molar-refractivity contribution in [1.82, 2.24) is 4.90 Å². The Morgan fingerprint density at radius 3 is 1.85 bits per heavy atom. The van der Waals surface area contributed by atoms with E-state index in [4.69, 9.17) is 5.73 Å². The molecule has 0 heterocycles. The molecule has 0 amide bonds. The molecule has 0 radical (unpaired) electrons. The van der Waals surface area contributed by atoms with E-state index in [2.05, 4.69) is 77.8 Å².